The lowest BCUT2D eigenvalue weighted by atomic mass is 9.91. The van der Waals surface area contributed by atoms with Crippen LogP contribution in [0.5, 0.6) is 0 Å². The topological polar surface area (TPSA) is 98.3 Å². The number of non-ortho nitro benzene ring substituents is 1. The minimum Gasteiger partial charge on any atom is -0.348 e. The maximum Gasteiger partial charge on any atom is 0.273 e. The number of nitrogens with two attached hydrogens (primary N) is 1. The van der Waals surface area contributed by atoms with E-state index in [4.69, 9.17) is 5.73 Å². The molecule has 108 valence electrons. The number of nitro benzene ring substituents is 1. The quantitative estimate of drug-likeness (QED) is 0.651. The molecule has 1 amide bonds. The Bertz CT molecular complexity index is 536. The van der Waals surface area contributed by atoms with Gasteiger partial charge in [-0.2, -0.15) is 0 Å². The van der Waals surface area contributed by atoms with E-state index in [1.165, 1.54) is 0 Å². The molecule has 7 heteroatoms. The molecule has 2 rings (SSSR count). The van der Waals surface area contributed by atoms with Crippen molar-refractivity contribution in [2.45, 2.75) is 37.8 Å². The van der Waals surface area contributed by atoms with E-state index in [-0.39, 0.29) is 17.6 Å². The van der Waals surface area contributed by atoms with Crippen LogP contribution in [0.3, 0.4) is 0 Å². The highest BCUT2D eigenvalue weighted by Gasteiger charge is 2.24. The van der Waals surface area contributed by atoms with Gasteiger partial charge >= 0.3 is 0 Å². The number of carbonyl (C=O) groups is 1. The fourth-order valence-corrected chi connectivity index (χ4v) is 2.40. The van der Waals surface area contributed by atoms with E-state index in [1.807, 2.05) is 0 Å². The normalized spacial score (nSPS) is 22.3. The first-order chi connectivity index (χ1) is 9.47. The third-order valence-electron chi connectivity index (χ3n) is 3.49. The van der Waals surface area contributed by atoms with Crippen molar-refractivity contribution < 1.29 is 14.1 Å². The number of carbonyl (C=O) groups excluding carboxylic acids is 1. The highest BCUT2D eigenvalue weighted by Crippen LogP contribution is 2.19. The summed E-state index contributed by atoms with van der Waals surface area (Å²) in [7, 11) is 0. The molecular weight excluding hydrogens is 265 g/mol. The maximum atomic E-state index is 13.3. The Morgan fingerprint density at radius 2 is 2.05 bits per heavy atom. The Kier molecular flexibility index (Phi) is 4.29. The zero-order chi connectivity index (χ0) is 14.7. The monoisotopic (exact) mass is 281 g/mol. The van der Waals surface area contributed by atoms with Crippen molar-refractivity contribution in [2.24, 2.45) is 5.73 Å². The van der Waals surface area contributed by atoms with Crippen LogP contribution in [0.1, 0.15) is 36.0 Å². The zero-order valence-electron chi connectivity index (χ0n) is 10.8. The van der Waals surface area contributed by atoms with Crippen molar-refractivity contribution in [2.75, 3.05) is 0 Å². The van der Waals surface area contributed by atoms with Crippen molar-refractivity contribution >= 4 is 11.6 Å². The van der Waals surface area contributed by atoms with E-state index in [2.05, 4.69) is 5.32 Å². The minimum absolute atomic E-state index is 0.0607. The summed E-state index contributed by atoms with van der Waals surface area (Å²) in [6, 6.07) is 2.53. The average Bonchev–Trinajstić information content (AvgIpc) is 2.40. The van der Waals surface area contributed by atoms with E-state index in [0.717, 1.165) is 43.9 Å². The molecule has 20 heavy (non-hydrogen) atoms. The zero-order valence-corrected chi connectivity index (χ0v) is 10.8. The van der Waals surface area contributed by atoms with Crippen LogP contribution in [0.25, 0.3) is 0 Å². The second-order valence-corrected chi connectivity index (χ2v) is 4.98. The Labute approximate surface area is 115 Å². The molecule has 0 heterocycles. The van der Waals surface area contributed by atoms with Gasteiger partial charge in [-0.15, -0.1) is 0 Å². The first-order valence-electron chi connectivity index (χ1n) is 6.49. The van der Waals surface area contributed by atoms with Crippen LogP contribution in [0.2, 0.25) is 0 Å². The molecule has 2 unspecified atom stereocenters. The van der Waals surface area contributed by atoms with Crippen LogP contribution in [-0.2, 0) is 0 Å². The minimum atomic E-state index is -0.808. The van der Waals surface area contributed by atoms with E-state index < -0.39 is 22.3 Å². The lowest BCUT2D eigenvalue weighted by Crippen LogP contribution is -2.49. The van der Waals surface area contributed by atoms with Gasteiger partial charge in [0.1, 0.15) is 5.82 Å². The molecule has 1 aromatic rings. The van der Waals surface area contributed by atoms with Crippen molar-refractivity contribution in [3.8, 4) is 0 Å². The van der Waals surface area contributed by atoms with Gasteiger partial charge in [-0.25, -0.2) is 4.39 Å². The largest absolute Gasteiger partial charge is 0.348 e. The molecule has 0 bridgehead atoms. The Balaban J connectivity index is 2.14. The number of nitro groups is 1. The molecule has 1 aliphatic rings. The SMILES string of the molecule is NC1CCCCC1NC(=O)c1cc(F)cc([N+](=O)[O-])c1. The molecule has 2 atom stereocenters. The van der Waals surface area contributed by atoms with Crippen LogP contribution in [0.15, 0.2) is 18.2 Å². The molecular formula is C13H16FN3O3. The number of amides is 1. The number of hydrogen-bond donors (Lipinski definition) is 2. The Hall–Kier alpha value is -2.02. The molecule has 1 aromatic carbocycles. The van der Waals surface area contributed by atoms with E-state index in [1.54, 1.807) is 0 Å². The van der Waals surface area contributed by atoms with Crippen LogP contribution in [0, 0.1) is 15.9 Å². The predicted molar refractivity (Wildman–Crippen MR) is 70.8 cm³/mol. The van der Waals surface area contributed by atoms with Gasteiger partial charge in [-0.05, 0) is 18.9 Å². The molecule has 0 aromatic heterocycles. The Morgan fingerprint density at radius 3 is 2.70 bits per heavy atom. The fraction of sp³-hybridized carbons (Fsp3) is 0.462. The predicted octanol–water partition coefficient (Wildman–Crippen LogP) is 1.73. The van der Waals surface area contributed by atoms with Crippen LogP contribution in [-0.4, -0.2) is 22.9 Å². The van der Waals surface area contributed by atoms with E-state index in [9.17, 15) is 19.3 Å². The molecule has 6 nitrogen and oxygen atoms in total. The second-order valence-electron chi connectivity index (χ2n) is 4.98. The molecule has 1 aliphatic carbocycles. The molecule has 1 fully saturated rings. The highest BCUT2D eigenvalue weighted by atomic mass is 19.1. The summed E-state index contributed by atoms with van der Waals surface area (Å²) in [6.07, 6.45) is 3.60. The first kappa shape index (κ1) is 14.4. The number of halogens is 1. The third kappa shape index (κ3) is 3.30. The Morgan fingerprint density at radius 1 is 1.35 bits per heavy atom. The number of nitrogens with zero attached hydrogens (tertiary/aromatic N) is 1. The first-order valence-corrected chi connectivity index (χ1v) is 6.49. The summed E-state index contributed by atoms with van der Waals surface area (Å²) in [5.74, 6) is -1.34. The maximum absolute atomic E-state index is 13.3. The molecule has 0 spiro atoms. The molecule has 0 aliphatic heterocycles. The molecule has 3 N–H and O–H groups in total. The highest BCUT2D eigenvalue weighted by molar-refractivity contribution is 5.95. The third-order valence-corrected chi connectivity index (χ3v) is 3.49. The fourth-order valence-electron chi connectivity index (χ4n) is 2.40. The van der Waals surface area contributed by atoms with Crippen molar-refractivity contribution in [1.82, 2.24) is 5.32 Å². The summed E-state index contributed by atoms with van der Waals surface area (Å²) in [5.41, 5.74) is 5.41. The van der Waals surface area contributed by atoms with Crippen LogP contribution >= 0.6 is 0 Å². The summed E-state index contributed by atoms with van der Waals surface area (Å²) >= 11 is 0. The van der Waals surface area contributed by atoms with Crippen LogP contribution in [0.4, 0.5) is 10.1 Å². The average molecular weight is 281 g/mol. The van der Waals surface area contributed by atoms with E-state index in [0.29, 0.717) is 0 Å². The van der Waals surface area contributed by atoms with Gasteiger partial charge in [0.05, 0.1) is 11.0 Å². The number of nitrogens with one attached hydrogen (secondary N) is 1. The summed E-state index contributed by atoms with van der Waals surface area (Å²) in [5, 5.41) is 13.4. The van der Waals surface area contributed by atoms with Gasteiger partial charge in [0, 0.05) is 23.7 Å². The smallest absolute Gasteiger partial charge is 0.273 e. The summed E-state index contributed by atoms with van der Waals surface area (Å²) < 4.78 is 13.3. The second kappa shape index (κ2) is 5.96. The number of hydrogen-bond acceptors (Lipinski definition) is 4. The van der Waals surface area contributed by atoms with Crippen LogP contribution < -0.4 is 11.1 Å². The number of rotatable bonds is 3. The van der Waals surface area contributed by atoms with Gasteiger partial charge in [0.25, 0.3) is 11.6 Å². The van der Waals surface area contributed by atoms with Crippen molar-refractivity contribution in [3.05, 3.63) is 39.7 Å². The van der Waals surface area contributed by atoms with Gasteiger partial charge in [-0.3, -0.25) is 14.9 Å². The standard InChI is InChI=1S/C13H16FN3O3/c14-9-5-8(6-10(7-9)17(19)20)13(18)16-12-4-2-1-3-11(12)15/h5-7,11-12H,1-4,15H2,(H,16,18). The van der Waals surface area contributed by atoms with Gasteiger partial charge < -0.3 is 11.1 Å². The molecule has 0 saturated heterocycles. The summed E-state index contributed by atoms with van der Waals surface area (Å²) in [6.45, 7) is 0. The lowest BCUT2D eigenvalue weighted by molar-refractivity contribution is -0.385. The van der Waals surface area contributed by atoms with Gasteiger partial charge in [-0.1, -0.05) is 12.8 Å². The molecule has 0 radical (unpaired) electrons. The molecule has 1 saturated carbocycles. The summed E-state index contributed by atoms with van der Waals surface area (Å²) in [4.78, 5) is 22.0. The van der Waals surface area contributed by atoms with Crippen molar-refractivity contribution in [3.63, 3.8) is 0 Å². The number of benzene rings is 1. The van der Waals surface area contributed by atoms with E-state index >= 15 is 0 Å². The van der Waals surface area contributed by atoms with Gasteiger partial charge in [0.15, 0.2) is 0 Å². The van der Waals surface area contributed by atoms with Crippen molar-refractivity contribution in [1.29, 1.82) is 0 Å². The van der Waals surface area contributed by atoms with Gasteiger partial charge in [0.2, 0.25) is 0 Å². The lowest BCUT2D eigenvalue weighted by Gasteiger charge is -2.29.